The number of nitrogens with zero attached hydrogens (tertiary/aromatic N) is 3. The number of ketones is 1. The van der Waals surface area contributed by atoms with Crippen molar-refractivity contribution in [2.75, 3.05) is 45.5 Å². The molecule has 1 aromatic heterocycles. The Hall–Kier alpha value is -2.09. The van der Waals surface area contributed by atoms with Crippen molar-refractivity contribution in [2.45, 2.75) is 37.6 Å². The predicted octanol–water partition coefficient (Wildman–Crippen LogP) is 2.89. The molecule has 7 heteroatoms. The van der Waals surface area contributed by atoms with Crippen molar-refractivity contribution in [2.24, 2.45) is 0 Å². The summed E-state index contributed by atoms with van der Waals surface area (Å²) in [6.07, 6.45) is 4.30. The number of benzene rings is 1. The van der Waals surface area contributed by atoms with E-state index in [2.05, 4.69) is 57.1 Å². The van der Waals surface area contributed by atoms with Gasteiger partial charge in [0.1, 0.15) is 0 Å². The standard InChI is InChI=1S/C24H32N4O2S/c1-17-13-22(18(2)28(17)20-5-4-6-21(14-20)31-3)23(29)15-26-9-11-27(12-10-26)16-24(30)25-19-7-8-19/h4-6,13-14,19H,7-12,15-16H2,1-3H3,(H,25,30). The minimum atomic E-state index is 0.130. The number of hydrogen-bond donors (Lipinski definition) is 1. The van der Waals surface area contributed by atoms with E-state index in [1.807, 2.05) is 13.0 Å². The molecule has 1 aliphatic heterocycles. The molecule has 31 heavy (non-hydrogen) atoms. The van der Waals surface area contributed by atoms with Crippen LogP contribution in [0.5, 0.6) is 0 Å². The minimum Gasteiger partial charge on any atom is -0.352 e. The van der Waals surface area contributed by atoms with E-state index in [9.17, 15) is 9.59 Å². The number of carbonyl (C=O) groups is 2. The summed E-state index contributed by atoms with van der Waals surface area (Å²) in [6, 6.07) is 10.8. The Morgan fingerprint density at radius 1 is 1.03 bits per heavy atom. The van der Waals surface area contributed by atoms with Crippen LogP contribution in [0.4, 0.5) is 0 Å². The van der Waals surface area contributed by atoms with E-state index < -0.39 is 0 Å². The van der Waals surface area contributed by atoms with Gasteiger partial charge in [-0.3, -0.25) is 19.4 Å². The van der Waals surface area contributed by atoms with Gasteiger partial charge in [-0.1, -0.05) is 6.07 Å². The third-order valence-electron chi connectivity index (χ3n) is 6.18. The molecule has 2 fully saturated rings. The Morgan fingerprint density at radius 2 is 1.71 bits per heavy atom. The van der Waals surface area contributed by atoms with Gasteiger partial charge in [-0.25, -0.2) is 0 Å². The van der Waals surface area contributed by atoms with E-state index >= 15 is 0 Å². The van der Waals surface area contributed by atoms with E-state index in [0.29, 0.717) is 19.1 Å². The number of Topliss-reactive ketones (excluding diaryl/α,β-unsaturated/α-hetero) is 1. The molecule has 1 aliphatic carbocycles. The highest BCUT2D eigenvalue weighted by molar-refractivity contribution is 7.98. The molecule has 2 aromatic rings. The molecule has 1 aromatic carbocycles. The number of rotatable bonds is 8. The number of aromatic nitrogens is 1. The molecule has 2 aliphatic rings. The van der Waals surface area contributed by atoms with Gasteiger partial charge in [-0.2, -0.15) is 0 Å². The summed E-state index contributed by atoms with van der Waals surface area (Å²) in [4.78, 5) is 30.7. The molecule has 1 saturated carbocycles. The molecule has 0 spiro atoms. The monoisotopic (exact) mass is 440 g/mol. The second-order valence-electron chi connectivity index (χ2n) is 8.64. The van der Waals surface area contributed by atoms with Crippen molar-refractivity contribution >= 4 is 23.5 Å². The lowest BCUT2D eigenvalue weighted by molar-refractivity contribution is -0.122. The predicted molar refractivity (Wildman–Crippen MR) is 125 cm³/mol. The molecule has 0 unspecified atom stereocenters. The van der Waals surface area contributed by atoms with Crippen molar-refractivity contribution < 1.29 is 9.59 Å². The van der Waals surface area contributed by atoms with E-state index in [1.165, 1.54) is 4.90 Å². The molecule has 1 amide bonds. The third kappa shape index (κ3) is 5.40. The number of nitrogens with one attached hydrogen (secondary N) is 1. The molecular formula is C24H32N4O2S. The van der Waals surface area contributed by atoms with E-state index in [4.69, 9.17) is 0 Å². The summed E-state index contributed by atoms with van der Waals surface area (Å²) in [5, 5.41) is 3.05. The molecule has 4 rings (SSSR count). The first-order chi connectivity index (χ1) is 14.9. The van der Waals surface area contributed by atoms with Crippen molar-refractivity contribution in [3.05, 3.63) is 47.3 Å². The Kier molecular flexibility index (Phi) is 6.84. The van der Waals surface area contributed by atoms with Crippen LogP contribution < -0.4 is 5.32 Å². The molecule has 2 heterocycles. The first-order valence-corrected chi connectivity index (χ1v) is 12.3. The fraction of sp³-hybridized carbons (Fsp3) is 0.500. The lowest BCUT2D eigenvalue weighted by atomic mass is 10.1. The fourth-order valence-corrected chi connectivity index (χ4v) is 4.74. The fourth-order valence-electron chi connectivity index (χ4n) is 4.29. The van der Waals surface area contributed by atoms with Crippen LogP contribution in [0.25, 0.3) is 5.69 Å². The Bertz CT molecular complexity index is 958. The molecule has 6 nitrogen and oxygen atoms in total. The second kappa shape index (κ2) is 9.59. The quantitative estimate of drug-likeness (QED) is 0.505. The van der Waals surface area contributed by atoms with Crippen molar-refractivity contribution in [3.8, 4) is 5.69 Å². The summed E-state index contributed by atoms with van der Waals surface area (Å²) in [5.74, 6) is 0.297. The first kappa shape index (κ1) is 22.1. The number of hydrogen-bond acceptors (Lipinski definition) is 5. The normalized spacial score (nSPS) is 17.6. The third-order valence-corrected chi connectivity index (χ3v) is 6.91. The second-order valence-corrected chi connectivity index (χ2v) is 9.52. The maximum atomic E-state index is 13.1. The minimum absolute atomic E-state index is 0.130. The van der Waals surface area contributed by atoms with Crippen LogP contribution in [-0.2, 0) is 4.79 Å². The summed E-state index contributed by atoms with van der Waals surface area (Å²) in [7, 11) is 0. The van der Waals surface area contributed by atoms with Crippen molar-refractivity contribution in [3.63, 3.8) is 0 Å². The highest BCUT2D eigenvalue weighted by atomic mass is 32.2. The highest BCUT2D eigenvalue weighted by Gasteiger charge is 2.26. The summed E-state index contributed by atoms with van der Waals surface area (Å²) in [6.45, 7) is 8.26. The number of thioether (sulfide) groups is 1. The van der Waals surface area contributed by atoms with Gasteiger partial charge in [0.25, 0.3) is 0 Å². The summed E-state index contributed by atoms with van der Waals surface area (Å²) >= 11 is 1.72. The van der Waals surface area contributed by atoms with Crippen LogP contribution in [-0.4, -0.2) is 77.6 Å². The smallest absolute Gasteiger partial charge is 0.234 e. The molecule has 1 saturated heterocycles. The topological polar surface area (TPSA) is 57.6 Å². The molecule has 166 valence electrons. The Balaban J connectivity index is 1.35. The zero-order valence-corrected chi connectivity index (χ0v) is 19.5. The molecular weight excluding hydrogens is 408 g/mol. The van der Waals surface area contributed by atoms with Crippen LogP contribution in [0, 0.1) is 13.8 Å². The van der Waals surface area contributed by atoms with E-state index in [0.717, 1.165) is 61.7 Å². The maximum absolute atomic E-state index is 13.1. The highest BCUT2D eigenvalue weighted by Crippen LogP contribution is 2.25. The van der Waals surface area contributed by atoms with Gasteiger partial charge in [0.2, 0.25) is 5.91 Å². The zero-order valence-electron chi connectivity index (χ0n) is 18.7. The zero-order chi connectivity index (χ0) is 22.0. The number of aryl methyl sites for hydroxylation is 1. The Labute approximate surface area is 189 Å². The SMILES string of the molecule is CSc1cccc(-n2c(C)cc(C(=O)CN3CCN(CC(=O)NC4CC4)CC3)c2C)c1. The first-order valence-electron chi connectivity index (χ1n) is 11.0. The van der Waals surface area contributed by atoms with Crippen molar-refractivity contribution in [1.82, 2.24) is 19.7 Å². The van der Waals surface area contributed by atoms with E-state index in [1.54, 1.807) is 11.8 Å². The van der Waals surface area contributed by atoms with Crippen LogP contribution >= 0.6 is 11.8 Å². The average molecular weight is 441 g/mol. The largest absolute Gasteiger partial charge is 0.352 e. The molecule has 1 N–H and O–H groups in total. The molecule has 0 radical (unpaired) electrons. The summed E-state index contributed by atoms with van der Waals surface area (Å²) < 4.78 is 2.17. The summed E-state index contributed by atoms with van der Waals surface area (Å²) in [5.41, 5.74) is 3.97. The van der Waals surface area contributed by atoms with Gasteiger partial charge in [-0.05, 0) is 57.2 Å². The average Bonchev–Trinajstić information content (AvgIpc) is 3.51. The van der Waals surface area contributed by atoms with E-state index in [-0.39, 0.29) is 11.7 Å². The van der Waals surface area contributed by atoms with Crippen LogP contribution in [0.2, 0.25) is 0 Å². The van der Waals surface area contributed by atoms with Gasteiger partial charge in [0, 0.05) is 59.8 Å². The molecule has 0 atom stereocenters. The molecule has 0 bridgehead atoms. The van der Waals surface area contributed by atoms with Crippen LogP contribution in [0.1, 0.15) is 34.6 Å². The number of piperazine rings is 1. The van der Waals surface area contributed by atoms with Gasteiger partial charge in [0.05, 0.1) is 13.1 Å². The Morgan fingerprint density at radius 3 is 2.35 bits per heavy atom. The number of carbonyl (C=O) groups excluding carboxylic acids is 2. The number of amides is 1. The van der Waals surface area contributed by atoms with Crippen LogP contribution in [0.3, 0.4) is 0 Å². The van der Waals surface area contributed by atoms with Gasteiger partial charge in [-0.15, -0.1) is 11.8 Å². The maximum Gasteiger partial charge on any atom is 0.234 e. The van der Waals surface area contributed by atoms with Crippen molar-refractivity contribution in [1.29, 1.82) is 0 Å². The van der Waals surface area contributed by atoms with Crippen LogP contribution in [0.15, 0.2) is 35.2 Å². The lowest BCUT2D eigenvalue weighted by Gasteiger charge is -2.33. The van der Waals surface area contributed by atoms with Gasteiger partial charge < -0.3 is 9.88 Å². The van der Waals surface area contributed by atoms with Gasteiger partial charge in [0.15, 0.2) is 5.78 Å². The lowest BCUT2D eigenvalue weighted by Crippen LogP contribution is -2.50. The van der Waals surface area contributed by atoms with Gasteiger partial charge >= 0.3 is 0 Å².